The second-order valence-corrected chi connectivity index (χ2v) is 7.08. The molecule has 0 amide bonds. The summed E-state index contributed by atoms with van der Waals surface area (Å²) in [6.45, 7) is 1.13. The van der Waals surface area contributed by atoms with E-state index < -0.39 is 7.67 Å². The van der Waals surface area contributed by atoms with E-state index in [0.717, 1.165) is 6.54 Å². The van der Waals surface area contributed by atoms with Gasteiger partial charge in [-0.25, -0.2) is 4.57 Å². The topological polar surface area (TPSA) is 53.0 Å². The predicted molar refractivity (Wildman–Crippen MR) is 60.1 cm³/mol. The van der Waals surface area contributed by atoms with Gasteiger partial charge in [-0.15, -0.1) is 4.42 Å². The Labute approximate surface area is 92.1 Å². The van der Waals surface area contributed by atoms with Crippen LogP contribution in [0.1, 0.15) is 0 Å². The fourth-order valence-corrected chi connectivity index (χ4v) is 2.05. The maximum Gasteiger partial charge on any atom is 0.491 e. The van der Waals surface area contributed by atoms with Crippen LogP contribution in [0.25, 0.3) is 0 Å². The second kappa shape index (κ2) is 5.39. The highest BCUT2D eigenvalue weighted by Gasteiger charge is 2.44. The zero-order valence-electron chi connectivity index (χ0n) is 10.5. The smallest absolute Gasteiger partial charge is 0.307 e. The summed E-state index contributed by atoms with van der Waals surface area (Å²) in [6, 6.07) is 0. The van der Waals surface area contributed by atoms with Crippen LogP contribution in [0, 0.1) is 0 Å². The number of quaternary nitrogens is 1. The summed E-state index contributed by atoms with van der Waals surface area (Å²) >= 11 is 0. The van der Waals surface area contributed by atoms with Crippen molar-refractivity contribution >= 4 is 7.67 Å². The van der Waals surface area contributed by atoms with Gasteiger partial charge in [-0.05, 0) is 14.1 Å². The first-order chi connectivity index (χ1) is 6.61. The number of hydrogen-bond donors (Lipinski definition) is 1. The van der Waals surface area contributed by atoms with E-state index in [1.165, 1.54) is 4.67 Å². The minimum absolute atomic E-state index is 0.353. The van der Waals surface area contributed by atoms with Crippen molar-refractivity contribution in [3.05, 3.63) is 0 Å². The van der Waals surface area contributed by atoms with Crippen LogP contribution in [0.15, 0.2) is 0 Å². The van der Waals surface area contributed by atoms with Crippen LogP contribution in [0.2, 0.25) is 0 Å². The third kappa shape index (κ3) is 4.18. The molecule has 0 aliphatic heterocycles. The zero-order chi connectivity index (χ0) is 12.3. The van der Waals surface area contributed by atoms with E-state index in [1.54, 1.807) is 28.2 Å². The largest absolute Gasteiger partial charge is 0.491 e. The maximum absolute atomic E-state index is 11.9. The molecule has 0 radical (unpaired) electrons. The molecular formula is C8H23N3O3P+. The molecule has 0 rings (SSSR count). The average molecular weight is 240 g/mol. The molecule has 1 N–H and O–H groups in total. The zero-order valence-corrected chi connectivity index (χ0v) is 11.4. The van der Waals surface area contributed by atoms with Gasteiger partial charge in [0.15, 0.2) is 0 Å². The molecule has 92 valence electrons. The van der Waals surface area contributed by atoms with Gasteiger partial charge >= 0.3 is 7.67 Å². The number of likely N-dealkylation sites (N-methyl/N-ethyl adjacent to an activating group) is 1. The molecule has 15 heavy (non-hydrogen) atoms. The monoisotopic (exact) mass is 240 g/mol. The molecule has 0 aromatic rings. The van der Waals surface area contributed by atoms with E-state index >= 15 is 0 Å². The summed E-state index contributed by atoms with van der Waals surface area (Å²) in [5, 5.41) is 0. The summed E-state index contributed by atoms with van der Waals surface area (Å²) in [4.78, 5) is 17.2. The van der Waals surface area contributed by atoms with Crippen LogP contribution in [0.3, 0.4) is 0 Å². The lowest BCUT2D eigenvalue weighted by molar-refractivity contribution is -0.986. The van der Waals surface area contributed by atoms with E-state index in [9.17, 15) is 9.46 Å². The van der Waals surface area contributed by atoms with Crippen molar-refractivity contribution in [1.82, 2.24) is 9.57 Å². The molecule has 1 unspecified atom stereocenters. The number of rotatable bonds is 6. The van der Waals surface area contributed by atoms with Crippen LogP contribution in [0.5, 0.6) is 0 Å². The fraction of sp³-hybridized carbons (Fsp3) is 1.00. The van der Waals surface area contributed by atoms with E-state index in [-0.39, 0.29) is 4.42 Å². The van der Waals surface area contributed by atoms with Gasteiger partial charge in [-0.1, -0.05) is 0 Å². The highest BCUT2D eigenvalue weighted by atomic mass is 31.2. The molecule has 0 spiro atoms. The molecule has 0 saturated carbocycles. The summed E-state index contributed by atoms with van der Waals surface area (Å²) in [6.07, 6.45) is 0. The summed E-state index contributed by atoms with van der Waals surface area (Å²) in [7, 11) is 6.64. The van der Waals surface area contributed by atoms with Gasteiger partial charge in [-0.3, -0.25) is 4.89 Å². The van der Waals surface area contributed by atoms with Crippen molar-refractivity contribution in [2.24, 2.45) is 0 Å². The third-order valence-corrected chi connectivity index (χ3v) is 4.51. The second-order valence-electron chi connectivity index (χ2n) is 4.29. The highest BCUT2D eigenvalue weighted by Crippen LogP contribution is 2.51. The van der Waals surface area contributed by atoms with E-state index in [0.29, 0.717) is 6.61 Å². The van der Waals surface area contributed by atoms with Crippen molar-refractivity contribution in [2.45, 2.75) is 0 Å². The Kier molecular flexibility index (Phi) is 5.40. The first-order valence-electron chi connectivity index (χ1n) is 4.75. The van der Waals surface area contributed by atoms with Crippen molar-refractivity contribution in [3.63, 3.8) is 0 Å². The van der Waals surface area contributed by atoms with Gasteiger partial charge < -0.3 is 4.90 Å². The minimum atomic E-state index is -3.50. The lowest BCUT2D eigenvalue weighted by Gasteiger charge is -2.33. The van der Waals surface area contributed by atoms with Crippen LogP contribution in [-0.2, 0) is 9.40 Å². The van der Waals surface area contributed by atoms with Crippen molar-refractivity contribution in [1.29, 1.82) is 0 Å². The molecule has 0 heterocycles. The molecule has 0 fully saturated rings. The van der Waals surface area contributed by atoms with Crippen molar-refractivity contribution in [2.75, 3.05) is 55.4 Å². The standard InChI is InChI=1S/C8H22N3O3P/c1-9(2)7-8-14-11(5,6)15(12,13)10(3)4/h7-8H2,1-6H3/p+1. The molecule has 6 nitrogen and oxygen atoms in total. The van der Waals surface area contributed by atoms with Crippen molar-refractivity contribution in [3.8, 4) is 0 Å². The summed E-state index contributed by atoms with van der Waals surface area (Å²) in [5.41, 5.74) is 0. The van der Waals surface area contributed by atoms with Crippen LogP contribution < -0.4 is 0 Å². The molecule has 0 saturated heterocycles. The SMILES string of the molecule is CN(C)CCO[N+](C)(C)P(=O)(O)N(C)C. The Balaban J connectivity index is 4.35. The van der Waals surface area contributed by atoms with Gasteiger partial charge in [0, 0.05) is 20.6 Å². The molecule has 0 bridgehead atoms. The molecule has 0 aliphatic rings. The first-order valence-corrected chi connectivity index (χ1v) is 6.32. The Morgan fingerprint density at radius 3 is 2.07 bits per heavy atom. The highest BCUT2D eigenvalue weighted by molar-refractivity contribution is 7.49. The molecule has 0 aromatic carbocycles. The van der Waals surface area contributed by atoms with E-state index in [4.69, 9.17) is 4.84 Å². The third-order valence-electron chi connectivity index (χ3n) is 2.09. The number of hydroxylamine groups is 2. The Morgan fingerprint density at radius 2 is 1.73 bits per heavy atom. The lowest BCUT2D eigenvalue weighted by Crippen LogP contribution is -2.41. The van der Waals surface area contributed by atoms with Gasteiger partial charge in [0.05, 0.1) is 0 Å². The molecule has 1 atom stereocenters. The quantitative estimate of drug-likeness (QED) is 0.531. The minimum Gasteiger partial charge on any atom is -0.307 e. The van der Waals surface area contributed by atoms with Gasteiger partial charge in [-0.2, -0.15) is 9.51 Å². The van der Waals surface area contributed by atoms with Gasteiger partial charge in [0.2, 0.25) is 0 Å². The molecule has 7 heteroatoms. The van der Waals surface area contributed by atoms with Crippen LogP contribution in [0.4, 0.5) is 0 Å². The van der Waals surface area contributed by atoms with E-state index in [2.05, 4.69) is 0 Å². The van der Waals surface area contributed by atoms with Gasteiger partial charge in [0.1, 0.15) is 20.7 Å². The van der Waals surface area contributed by atoms with Crippen molar-refractivity contribution < 1.29 is 18.7 Å². The molecular weight excluding hydrogens is 217 g/mol. The molecule has 0 aliphatic carbocycles. The molecule has 0 aromatic heterocycles. The predicted octanol–water partition coefficient (Wildman–Crippen LogP) is 0.218. The number of hydrogen-bond acceptors (Lipinski definition) is 3. The lowest BCUT2D eigenvalue weighted by atomic mass is 10.6. The van der Waals surface area contributed by atoms with E-state index in [1.807, 2.05) is 19.0 Å². The Morgan fingerprint density at radius 1 is 1.27 bits per heavy atom. The summed E-state index contributed by atoms with van der Waals surface area (Å²) < 4.78 is 12.9. The maximum atomic E-state index is 11.9. The number of nitrogens with zero attached hydrogens (tertiary/aromatic N) is 3. The Bertz CT molecular complexity index is 243. The van der Waals surface area contributed by atoms with Crippen LogP contribution in [-0.4, -0.2) is 74.3 Å². The normalized spacial score (nSPS) is 17.1. The van der Waals surface area contributed by atoms with Crippen LogP contribution >= 0.6 is 7.67 Å². The Hall–Kier alpha value is 0.0300. The fourth-order valence-electron chi connectivity index (χ4n) is 0.953. The van der Waals surface area contributed by atoms with Gasteiger partial charge in [0.25, 0.3) is 0 Å². The average Bonchev–Trinajstić information content (AvgIpc) is 2.02. The first kappa shape index (κ1) is 15.0. The summed E-state index contributed by atoms with van der Waals surface area (Å²) in [5.74, 6) is 0.